The van der Waals surface area contributed by atoms with Crippen molar-refractivity contribution < 1.29 is 53.7 Å². The number of amides is 6. The number of thiol groups is 2. The summed E-state index contributed by atoms with van der Waals surface area (Å²) < 4.78 is 0. The Kier molecular flexibility index (Phi) is 18.8. The monoisotopic (exact) mass is 736 g/mol. The average Bonchev–Trinajstić information content (AvgIpc) is 3.54. The molecule has 0 aromatic rings. The predicted octanol–water partition coefficient (Wildman–Crippen LogP) is -6.18. The fourth-order valence-corrected chi connectivity index (χ4v) is 4.88. The normalized spacial score (nSPS) is 16.9. The zero-order valence-electron chi connectivity index (χ0n) is 26.4. The van der Waals surface area contributed by atoms with Crippen molar-refractivity contribution in [3.8, 4) is 0 Å². The number of carbonyl (C=O) groups excluding carboxylic acids is 6. The molecule has 1 aliphatic heterocycles. The van der Waals surface area contributed by atoms with Crippen LogP contribution < -0.4 is 43.8 Å². The SMILES string of the molecule is NC(N)=NCCC[C@H](NC(=O)CNC(=O)[C@@H](N)CS)C(=O)N[C@@H](CC(=O)O)C(=O)N[C@@H](CO)C(=O)N1CCC[C@H]1C(=O)N[C@H](CS)C(=O)O. The number of aliphatic carboxylic acids is 2. The molecule has 1 saturated heterocycles. The number of nitrogens with zero attached hydrogens (tertiary/aromatic N) is 2. The van der Waals surface area contributed by atoms with Gasteiger partial charge in [-0.1, -0.05) is 0 Å². The molecule has 0 spiro atoms. The molecule has 0 radical (unpaired) electrons. The van der Waals surface area contributed by atoms with Crippen LogP contribution in [0.3, 0.4) is 0 Å². The third kappa shape index (κ3) is 14.7. The van der Waals surface area contributed by atoms with Crippen LogP contribution in [-0.2, 0) is 38.4 Å². The number of rotatable bonds is 21. The maximum Gasteiger partial charge on any atom is 0.327 e. The first-order valence-electron chi connectivity index (χ1n) is 14.9. The topological polar surface area (TPSA) is 351 Å². The van der Waals surface area contributed by atoms with E-state index in [1.165, 1.54) is 0 Å². The molecule has 1 aliphatic rings. The first-order valence-corrected chi connectivity index (χ1v) is 16.2. The molecule has 276 valence electrons. The van der Waals surface area contributed by atoms with Crippen molar-refractivity contribution in [1.82, 2.24) is 31.5 Å². The summed E-state index contributed by atoms with van der Waals surface area (Å²) in [5.74, 6) is -8.77. The standard InChI is InChI=1S/C26H44N10O11S2/c27-12(10-48)20(41)31-8-18(38)32-13(3-1-5-30-26(28)29)21(42)33-14(7-19(39)40)22(43)34-15(9-37)24(45)36-6-2-4-17(36)23(44)35-16(11-49)25(46)47/h12-17,37,48-49H,1-11,27H2,(H,31,41)(H,32,38)(H,33,42)(H,34,43)(H,35,44)(H,39,40)(H,46,47)(H4,28,29,30)/t12-,13-,14-,15-,16+,17-/m0/s1. The van der Waals surface area contributed by atoms with Crippen molar-refractivity contribution in [2.45, 2.75) is 68.4 Å². The maximum absolute atomic E-state index is 13.3. The minimum Gasteiger partial charge on any atom is -0.481 e. The summed E-state index contributed by atoms with van der Waals surface area (Å²) in [6.07, 6.45) is -0.455. The van der Waals surface area contributed by atoms with E-state index < -0.39 is 103 Å². The fourth-order valence-electron chi connectivity index (χ4n) is 4.47. The number of likely N-dealkylation sites (tertiary alicyclic amines) is 1. The van der Waals surface area contributed by atoms with Crippen LogP contribution >= 0.6 is 25.3 Å². The van der Waals surface area contributed by atoms with Crippen LogP contribution in [-0.4, -0.2) is 148 Å². The van der Waals surface area contributed by atoms with Crippen molar-refractivity contribution in [3.05, 3.63) is 0 Å². The molecular formula is C26H44N10O11S2. The van der Waals surface area contributed by atoms with E-state index in [0.29, 0.717) is 6.42 Å². The van der Waals surface area contributed by atoms with Gasteiger partial charge >= 0.3 is 11.9 Å². The van der Waals surface area contributed by atoms with Gasteiger partial charge in [0.1, 0.15) is 30.2 Å². The highest BCUT2D eigenvalue weighted by atomic mass is 32.1. The van der Waals surface area contributed by atoms with Crippen LogP contribution in [0.4, 0.5) is 0 Å². The van der Waals surface area contributed by atoms with Gasteiger partial charge in [0.25, 0.3) is 0 Å². The largest absolute Gasteiger partial charge is 0.481 e. The van der Waals surface area contributed by atoms with Crippen LogP contribution in [0.25, 0.3) is 0 Å². The molecule has 21 nitrogen and oxygen atoms in total. The van der Waals surface area contributed by atoms with Crippen molar-refractivity contribution in [3.63, 3.8) is 0 Å². The van der Waals surface area contributed by atoms with Gasteiger partial charge < -0.3 is 64.0 Å². The number of carboxylic acids is 2. The number of nitrogens with one attached hydrogen (secondary N) is 5. The van der Waals surface area contributed by atoms with Gasteiger partial charge in [-0.15, -0.1) is 0 Å². The second-order valence-electron chi connectivity index (χ2n) is 10.8. The number of hydrogen-bond acceptors (Lipinski definition) is 13. The molecule has 14 N–H and O–H groups in total. The molecular weight excluding hydrogens is 692 g/mol. The van der Waals surface area contributed by atoms with Crippen LogP contribution in [0.1, 0.15) is 32.1 Å². The van der Waals surface area contributed by atoms with Gasteiger partial charge in [0, 0.05) is 24.6 Å². The highest BCUT2D eigenvalue weighted by Crippen LogP contribution is 2.19. The number of hydrogen-bond donors (Lipinski definition) is 13. The number of carbonyl (C=O) groups is 8. The number of guanidine groups is 1. The Balaban J connectivity index is 3.09. The van der Waals surface area contributed by atoms with E-state index in [-0.39, 0.29) is 49.8 Å². The molecule has 0 saturated carbocycles. The number of aliphatic hydroxyl groups is 1. The number of carboxylic acid groups (broad SMARTS) is 2. The van der Waals surface area contributed by atoms with Gasteiger partial charge in [-0.3, -0.25) is 38.6 Å². The van der Waals surface area contributed by atoms with E-state index in [4.69, 9.17) is 17.2 Å². The summed E-state index contributed by atoms with van der Waals surface area (Å²) >= 11 is 7.78. The third-order valence-electron chi connectivity index (χ3n) is 7.00. The van der Waals surface area contributed by atoms with Gasteiger partial charge in [0.2, 0.25) is 35.4 Å². The number of nitrogens with two attached hydrogens (primary N) is 3. The average molecular weight is 737 g/mol. The third-order valence-corrected chi connectivity index (χ3v) is 7.76. The Hall–Kier alpha value is -4.35. The maximum atomic E-state index is 13.3. The molecule has 1 fully saturated rings. The highest BCUT2D eigenvalue weighted by Gasteiger charge is 2.39. The van der Waals surface area contributed by atoms with Gasteiger partial charge in [0.15, 0.2) is 5.96 Å². The van der Waals surface area contributed by atoms with E-state index in [1.807, 2.05) is 0 Å². The van der Waals surface area contributed by atoms with E-state index in [2.05, 4.69) is 56.8 Å². The Bertz CT molecular complexity index is 1250. The Labute approximate surface area is 291 Å². The predicted molar refractivity (Wildman–Crippen MR) is 178 cm³/mol. The molecule has 49 heavy (non-hydrogen) atoms. The van der Waals surface area contributed by atoms with Crippen molar-refractivity contribution in [1.29, 1.82) is 0 Å². The van der Waals surface area contributed by atoms with E-state index >= 15 is 0 Å². The van der Waals surface area contributed by atoms with Gasteiger partial charge in [0.05, 0.1) is 25.6 Å². The van der Waals surface area contributed by atoms with Crippen LogP contribution in [0.15, 0.2) is 4.99 Å². The van der Waals surface area contributed by atoms with Crippen molar-refractivity contribution >= 4 is 78.6 Å². The molecule has 0 aliphatic carbocycles. The van der Waals surface area contributed by atoms with Crippen LogP contribution in [0.5, 0.6) is 0 Å². The lowest BCUT2D eigenvalue weighted by molar-refractivity contribution is -0.145. The Morgan fingerprint density at radius 1 is 0.857 bits per heavy atom. The second-order valence-corrected chi connectivity index (χ2v) is 11.5. The second kappa shape index (κ2) is 21.6. The Morgan fingerprint density at radius 2 is 1.49 bits per heavy atom. The molecule has 6 atom stereocenters. The quantitative estimate of drug-likeness (QED) is 0.0226. The van der Waals surface area contributed by atoms with Crippen LogP contribution in [0, 0.1) is 0 Å². The number of aliphatic imine (C=N–C) groups is 1. The summed E-state index contributed by atoms with van der Waals surface area (Å²) in [5, 5.41) is 39.9. The first-order chi connectivity index (χ1) is 23.1. The molecule has 23 heteroatoms. The summed E-state index contributed by atoms with van der Waals surface area (Å²) in [6.45, 7) is -1.50. The zero-order chi connectivity index (χ0) is 37.3. The number of aliphatic hydroxyl groups excluding tert-OH is 1. The minimum absolute atomic E-state index is 0.00336. The Morgan fingerprint density at radius 3 is 2.04 bits per heavy atom. The summed E-state index contributed by atoms with van der Waals surface area (Å²) in [5.41, 5.74) is 16.2. The van der Waals surface area contributed by atoms with Gasteiger partial charge in [-0.05, 0) is 25.7 Å². The highest BCUT2D eigenvalue weighted by molar-refractivity contribution is 7.80. The summed E-state index contributed by atoms with van der Waals surface area (Å²) in [4.78, 5) is 105. The lowest BCUT2D eigenvalue weighted by atomic mass is 10.1. The molecule has 0 aromatic carbocycles. The molecule has 0 unspecified atom stereocenters. The van der Waals surface area contributed by atoms with Gasteiger partial charge in [-0.25, -0.2) is 4.79 Å². The first kappa shape index (κ1) is 42.7. The van der Waals surface area contributed by atoms with Crippen LogP contribution in [0.2, 0.25) is 0 Å². The molecule has 1 rings (SSSR count). The lowest BCUT2D eigenvalue weighted by Crippen LogP contribution is -2.60. The smallest absolute Gasteiger partial charge is 0.327 e. The summed E-state index contributed by atoms with van der Waals surface area (Å²) in [6, 6.07) is -8.35. The molecule has 0 bridgehead atoms. The van der Waals surface area contributed by atoms with Gasteiger partial charge in [-0.2, -0.15) is 25.3 Å². The fraction of sp³-hybridized carbons (Fsp3) is 0.654. The van der Waals surface area contributed by atoms with Crippen molar-refractivity contribution in [2.75, 3.05) is 37.7 Å². The van der Waals surface area contributed by atoms with E-state index in [9.17, 15) is 53.7 Å². The van der Waals surface area contributed by atoms with Crippen molar-refractivity contribution in [2.24, 2.45) is 22.2 Å². The molecule has 0 aromatic heterocycles. The minimum atomic E-state index is -1.82. The van der Waals surface area contributed by atoms with E-state index in [0.717, 1.165) is 4.90 Å². The zero-order valence-corrected chi connectivity index (χ0v) is 28.2. The van der Waals surface area contributed by atoms with E-state index in [1.54, 1.807) is 0 Å². The molecule has 6 amide bonds. The lowest BCUT2D eigenvalue weighted by Gasteiger charge is -2.29. The summed E-state index contributed by atoms with van der Waals surface area (Å²) in [7, 11) is 0. The molecule has 1 heterocycles.